The van der Waals surface area contributed by atoms with Gasteiger partial charge in [0.05, 0.1) is 11.9 Å². The first-order valence-corrected chi connectivity index (χ1v) is 6.63. The van der Waals surface area contributed by atoms with Gasteiger partial charge in [-0.25, -0.2) is 4.98 Å². The van der Waals surface area contributed by atoms with Crippen LogP contribution in [0.15, 0.2) is 6.20 Å². The molecule has 1 aliphatic carbocycles. The summed E-state index contributed by atoms with van der Waals surface area (Å²) in [7, 11) is 0. The van der Waals surface area contributed by atoms with E-state index in [1.165, 1.54) is 32.1 Å². The molecule has 0 spiro atoms. The molecule has 0 bridgehead atoms. The Morgan fingerprint density at radius 1 is 1.47 bits per heavy atom. The van der Waals surface area contributed by atoms with Crippen molar-refractivity contribution in [3.8, 4) is 0 Å². The Morgan fingerprint density at radius 3 is 3.00 bits per heavy atom. The maximum absolute atomic E-state index is 5.85. The van der Waals surface area contributed by atoms with Crippen LogP contribution >= 0.6 is 11.6 Å². The third-order valence-electron chi connectivity index (χ3n) is 3.54. The van der Waals surface area contributed by atoms with Gasteiger partial charge >= 0.3 is 0 Å². The molecule has 1 fully saturated rings. The lowest BCUT2D eigenvalue weighted by molar-refractivity contribution is 0.317. The van der Waals surface area contributed by atoms with Crippen LogP contribution in [0.2, 0.25) is 5.28 Å². The Hall–Kier alpha value is -1.03. The van der Waals surface area contributed by atoms with Crippen LogP contribution in [0.3, 0.4) is 0 Å². The zero-order chi connectivity index (χ0) is 12.3. The first-order chi connectivity index (χ1) is 8.20. The van der Waals surface area contributed by atoms with E-state index in [9.17, 15) is 0 Å². The standard InChI is InChI=1S/C12H19ClN4/c1-2-8-5-3-4-6-10(8)16-11-9(14)7-15-12(13)17-11/h7-8,10H,2-6,14H2,1H3,(H,15,16,17). The summed E-state index contributed by atoms with van der Waals surface area (Å²) in [6.45, 7) is 2.24. The highest BCUT2D eigenvalue weighted by Gasteiger charge is 2.24. The first-order valence-electron chi connectivity index (χ1n) is 6.25. The van der Waals surface area contributed by atoms with Gasteiger partial charge in [0.1, 0.15) is 0 Å². The summed E-state index contributed by atoms with van der Waals surface area (Å²) in [5.41, 5.74) is 6.41. The molecule has 3 N–H and O–H groups in total. The number of halogens is 1. The molecule has 1 aliphatic rings. The molecule has 1 saturated carbocycles. The van der Waals surface area contributed by atoms with Crippen LogP contribution in [-0.4, -0.2) is 16.0 Å². The van der Waals surface area contributed by atoms with Crippen molar-refractivity contribution in [3.05, 3.63) is 11.5 Å². The fourth-order valence-electron chi connectivity index (χ4n) is 2.55. The monoisotopic (exact) mass is 254 g/mol. The molecule has 0 amide bonds. The number of rotatable bonds is 3. The van der Waals surface area contributed by atoms with E-state index in [2.05, 4.69) is 22.2 Å². The Bertz CT molecular complexity index is 383. The van der Waals surface area contributed by atoms with E-state index in [0.717, 1.165) is 0 Å². The maximum atomic E-state index is 5.85. The van der Waals surface area contributed by atoms with Crippen LogP contribution in [-0.2, 0) is 0 Å². The van der Waals surface area contributed by atoms with Gasteiger partial charge in [0.15, 0.2) is 5.82 Å². The van der Waals surface area contributed by atoms with Gasteiger partial charge in [-0.3, -0.25) is 0 Å². The molecule has 1 aromatic rings. The van der Waals surface area contributed by atoms with Crippen LogP contribution in [0.5, 0.6) is 0 Å². The SMILES string of the molecule is CCC1CCCCC1Nc1nc(Cl)ncc1N. The fourth-order valence-corrected chi connectivity index (χ4v) is 2.68. The van der Waals surface area contributed by atoms with Crippen molar-refractivity contribution in [2.75, 3.05) is 11.1 Å². The molecule has 4 nitrogen and oxygen atoms in total. The average molecular weight is 255 g/mol. The quantitative estimate of drug-likeness (QED) is 0.814. The summed E-state index contributed by atoms with van der Waals surface area (Å²) >= 11 is 5.79. The third-order valence-corrected chi connectivity index (χ3v) is 3.73. The summed E-state index contributed by atoms with van der Waals surface area (Å²) in [6, 6.07) is 0.460. The predicted octanol–water partition coefficient (Wildman–Crippen LogP) is 3.09. The summed E-state index contributed by atoms with van der Waals surface area (Å²) in [6.07, 6.45) is 7.81. The van der Waals surface area contributed by atoms with Gasteiger partial charge in [0, 0.05) is 6.04 Å². The van der Waals surface area contributed by atoms with Gasteiger partial charge in [-0.05, 0) is 30.4 Å². The second-order valence-corrected chi connectivity index (χ2v) is 4.98. The number of nitrogens with one attached hydrogen (secondary N) is 1. The lowest BCUT2D eigenvalue weighted by Gasteiger charge is -2.32. The number of nitrogen functional groups attached to an aromatic ring is 1. The zero-order valence-electron chi connectivity index (χ0n) is 10.1. The molecule has 2 rings (SSSR count). The summed E-state index contributed by atoms with van der Waals surface area (Å²) in [4.78, 5) is 8.01. The van der Waals surface area contributed by atoms with Gasteiger partial charge in [-0.1, -0.05) is 26.2 Å². The number of anilines is 2. The average Bonchev–Trinajstić information content (AvgIpc) is 2.34. The maximum Gasteiger partial charge on any atom is 0.224 e. The van der Waals surface area contributed by atoms with Crippen LogP contribution in [0, 0.1) is 5.92 Å². The van der Waals surface area contributed by atoms with Gasteiger partial charge in [0.25, 0.3) is 0 Å². The third kappa shape index (κ3) is 3.00. The Kier molecular flexibility index (Phi) is 4.05. The molecule has 5 heteroatoms. The largest absolute Gasteiger partial charge is 0.394 e. The van der Waals surface area contributed by atoms with Crippen molar-refractivity contribution in [2.24, 2.45) is 5.92 Å². The zero-order valence-corrected chi connectivity index (χ0v) is 10.9. The highest BCUT2D eigenvalue weighted by atomic mass is 35.5. The molecule has 0 saturated heterocycles. The summed E-state index contributed by atoms with van der Waals surface area (Å²) in [5.74, 6) is 1.38. The van der Waals surface area contributed by atoms with Crippen molar-refractivity contribution in [1.29, 1.82) is 0 Å². The molecule has 94 valence electrons. The second kappa shape index (κ2) is 5.54. The van der Waals surface area contributed by atoms with Crippen molar-refractivity contribution >= 4 is 23.1 Å². The molecule has 0 aliphatic heterocycles. The van der Waals surface area contributed by atoms with Crippen LogP contribution < -0.4 is 11.1 Å². The van der Waals surface area contributed by atoms with Crippen LogP contribution in [0.1, 0.15) is 39.0 Å². The molecule has 17 heavy (non-hydrogen) atoms. The van der Waals surface area contributed by atoms with E-state index < -0.39 is 0 Å². The summed E-state index contributed by atoms with van der Waals surface area (Å²) < 4.78 is 0. The molecule has 1 heterocycles. The lowest BCUT2D eigenvalue weighted by atomic mass is 9.83. The highest BCUT2D eigenvalue weighted by Crippen LogP contribution is 2.30. The Morgan fingerprint density at radius 2 is 2.24 bits per heavy atom. The molecule has 2 atom stereocenters. The number of nitrogens with two attached hydrogens (primary N) is 1. The van der Waals surface area contributed by atoms with Crippen molar-refractivity contribution in [2.45, 2.75) is 45.1 Å². The number of hydrogen-bond acceptors (Lipinski definition) is 4. The van der Waals surface area contributed by atoms with Crippen LogP contribution in [0.25, 0.3) is 0 Å². The molecule has 2 unspecified atom stereocenters. The normalized spacial score (nSPS) is 24.6. The van der Waals surface area contributed by atoms with Crippen molar-refractivity contribution < 1.29 is 0 Å². The molecule has 0 aromatic carbocycles. The Labute approximate surface area is 107 Å². The van der Waals surface area contributed by atoms with Gasteiger partial charge < -0.3 is 11.1 Å². The van der Waals surface area contributed by atoms with E-state index in [0.29, 0.717) is 23.5 Å². The van der Waals surface area contributed by atoms with E-state index in [4.69, 9.17) is 17.3 Å². The number of hydrogen-bond donors (Lipinski definition) is 2. The van der Waals surface area contributed by atoms with E-state index in [1.807, 2.05) is 0 Å². The van der Waals surface area contributed by atoms with Gasteiger partial charge in [0.2, 0.25) is 5.28 Å². The van der Waals surface area contributed by atoms with E-state index in [1.54, 1.807) is 6.20 Å². The summed E-state index contributed by atoms with van der Waals surface area (Å²) in [5, 5.41) is 3.67. The van der Waals surface area contributed by atoms with E-state index in [-0.39, 0.29) is 5.28 Å². The topological polar surface area (TPSA) is 63.8 Å². The Balaban J connectivity index is 2.10. The first kappa shape index (κ1) is 12.4. The molecular formula is C12H19ClN4. The highest BCUT2D eigenvalue weighted by molar-refractivity contribution is 6.28. The molecular weight excluding hydrogens is 236 g/mol. The second-order valence-electron chi connectivity index (χ2n) is 4.65. The van der Waals surface area contributed by atoms with Gasteiger partial charge in [-0.2, -0.15) is 4.98 Å². The van der Waals surface area contributed by atoms with E-state index >= 15 is 0 Å². The lowest BCUT2D eigenvalue weighted by Crippen LogP contribution is -2.32. The fraction of sp³-hybridized carbons (Fsp3) is 0.667. The molecule has 0 radical (unpaired) electrons. The smallest absolute Gasteiger partial charge is 0.224 e. The van der Waals surface area contributed by atoms with Crippen LogP contribution in [0.4, 0.5) is 11.5 Å². The van der Waals surface area contributed by atoms with Crippen molar-refractivity contribution in [1.82, 2.24) is 9.97 Å². The minimum absolute atomic E-state index is 0.241. The van der Waals surface area contributed by atoms with Crippen molar-refractivity contribution in [3.63, 3.8) is 0 Å². The number of nitrogens with zero attached hydrogens (tertiary/aromatic N) is 2. The minimum Gasteiger partial charge on any atom is -0.394 e. The number of aromatic nitrogens is 2. The minimum atomic E-state index is 0.241. The van der Waals surface area contributed by atoms with Gasteiger partial charge in [-0.15, -0.1) is 0 Å². The molecule has 1 aromatic heterocycles. The predicted molar refractivity (Wildman–Crippen MR) is 71.1 cm³/mol.